The Morgan fingerprint density at radius 3 is 2.39 bits per heavy atom. The summed E-state index contributed by atoms with van der Waals surface area (Å²) < 4.78 is 5.53. The predicted molar refractivity (Wildman–Crippen MR) is 122 cm³/mol. The van der Waals surface area contributed by atoms with Gasteiger partial charge in [0.25, 0.3) is 11.6 Å². The minimum atomic E-state index is -0.471. The van der Waals surface area contributed by atoms with Gasteiger partial charge in [-0.25, -0.2) is 9.97 Å². The maximum atomic E-state index is 13.1. The molecule has 1 saturated heterocycles. The number of amides is 1. The van der Waals surface area contributed by atoms with E-state index in [9.17, 15) is 14.9 Å². The number of nitro benzene ring substituents is 1. The summed E-state index contributed by atoms with van der Waals surface area (Å²) in [4.78, 5) is 37.3. The van der Waals surface area contributed by atoms with Crippen molar-refractivity contribution in [1.29, 1.82) is 0 Å². The number of aromatic nitrogens is 2. The summed E-state index contributed by atoms with van der Waals surface area (Å²) in [5, 5.41) is 10.9. The summed E-state index contributed by atoms with van der Waals surface area (Å²) in [7, 11) is 0. The van der Waals surface area contributed by atoms with Gasteiger partial charge >= 0.3 is 0 Å². The lowest BCUT2D eigenvalue weighted by Gasteiger charge is -2.34. The Bertz CT molecular complexity index is 1180. The third kappa shape index (κ3) is 4.27. The van der Waals surface area contributed by atoms with E-state index in [4.69, 9.17) is 14.7 Å². The normalized spacial score (nSPS) is 15.8. The van der Waals surface area contributed by atoms with E-state index in [0.29, 0.717) is 44.1 Å². The van der Waals surface area contributed by atoms with Gasteiger partial charge in [-0.3, -0.25) is 14.9 Å². The lowest BCUT2D eigenvalue weighted by molar-refractivity contribution is -0.384. The minimum Gasteiger partial charge on any atom is -0.378 e. The van der Waals surface area contributed by atoms with Crippen molar-refractivity contribution in [1.82, 2.24) is 14.9 Å². The van der Waals surface area contributed by atoms with Crippen LogP contribution in [0.2, 0.25) is 0 Å². The Hall–Kier alpha value is -3.85. The molecule has 1 fully saturated rings. The first kappa shape index (κ1) is 21.0. The number of nitrogens with zero attached hydrogens (tertiary/aromatic N) is 5. The van der Waals surface area contributed by atoms with Crippen LogP contribution in [0.5, 0.6) is 0 Å². The van der Waals surface area contributed by atoms with Crippen LogP contribution >= 0.6 is 0 Å². The van der Waals surface area contributed by atoms with Crippen LogP contribution in [0.3, 0.4) is 0 Å². The monoisotopic (exact) mass is 445 g/mol. The third-order valence-electron chi connectivity index (χ3n) is 5.99. The number of benzene rings is 2. The van der Waals surface area contributed by atoms with Crippen LogP contribution in [-0.2, 0) is 17.7 Å². The molecule has 9 nitrogen and oxygen atoms in total. The number of carbonyl (C=O) groups excluding carboxylic acids is 1. The second-order valence-corrected chi connectivity index (χ2v) is 8.04. The van der Waals surface area contributed by atoms with Crippen molar-refractivity contribution in [3.8, 4) is 11.4 Å². The first-order valence-electron chi connectivity index (χ1n) is 10.9. The van der Waals surface area contributed by atoms with Gasteiger partial charge in [-0.2, -0.15) is 0 Å². The van der Waals surface area contributed by atoms with Crippen molar-refractivity contribution >= 4 is 17.4 Å². The van der Waals surface area contributed by atoms with Gasteiger partial charge in [-0.05, 0) is 12.1 Å². The summed E-state index contributed by atoms with van der Waals surface area (Å²) in [5.74, 6) is 1.38. The van der Waals surface area contributed by atoms with Crippen molar-refractivity contribution in [2.45, 2.75) is 13.0 Å². The molecule has 1 aromatic heterocycles. The number of morpholine rings is 1. The topological polar surface area (TPSA) is 102 Å². The van der Waals surface area contributed by atoms with Gasteiger partial charge in [0.2, 0.25) is 0 Å². The number of non-ortho nitro benzene ring substituents is 1. The Morgan fingerprint density at radius 1 is 0.970 bits per heavy atom. The molecule has 0 unspecified atom stereocenters. The maximum absolute atomic E-state index is 13.1. The van der Waals surface area contributed by atoms with Crippen LogP contribution in [0.1, 0.15) is 21.6 Å². The van der Waals surface area contributed by atoms with E-state index in [0.717, 1.165) is 35.7 Å². The van der Waals surface area contributed by atoms with E-state index in [1.807, 2.05) is 30.3 Å². The first-order valence-corrected chi connectivity index (χ1v) is 10.9. The minimum absolute atomic E-state index is 0.0352. The number of nitro groups is 1. The molecule has 2 aliphatic rings. The highest BCUT2D eigenvalue weighted by atomic mass is 16.6. The van der Waals surface area contributed by atoms with Crippen molar-refractivity contribution in [2.75, 3.05) is 37.7 Å². The lowest BCUT2D eigenvalue weighted by atomic mass is 10.0. The SMILES string of the molecule is O=C(c1ccc([N+](=O)[O-])cc1)N1CCc2nc(-c3ccccc3)nc(N3CCOCC3)c2C1. The van der Waals surface area contributed by atoms with E-state index in [-0.39, 0.29) is 11.6 Å². The Morgan fingerprint density at radius 2 is 1.70 bits per heavy atom. The molecule has 3 heterocycles. The molecule has 0 saturated carbocycles. The summed E-state index contributed by atoms with van der Waals surface area (Å²) in [6.45, 7) is 3.64. The molecular formula is C24H23N5O4. The molecule has 0 spiro atoms. The molecule has 168 valence electrons. The van der Waals surface area contributed by atoms with E-state index < -0.39 is 4.92 Å². The molecule has 2 aromatic carbocycles. The molecule has 9 heteroatoms. The molecule has 0 atom stereocenters. The maximum Gasteiger partial charge on any atom is 0.269 e. The molecule has 0 radical (unpaired) electrons. The summed E-state index contributed by atoms with van der Waals surface area (Å²) >= 11 is 0. The number of rotatable bonds is 4. The van der Waals surface area contributed by atoms with Gasteiger partial charge in [0.1, 0.15) is 5.82 Å². The Balaban J connectivity index is 1.48. The first-order chi connectivity index (χ1) is 16.1. The summed E-state index contributed by atoms with van der Waals surface area (Å²) in [5.41, 5.74) is 3.26. The summed E-state index contributed by atoms with van der Waals surface area (Å²) in [6, 6.07) is 15.6. The van der Waals surface area contributed by atoms with E-state index in [1.165, 1.54) is 24.3 Å². The molecule has 0 N–H and O–H groups in total. The van der Waals surface area contributed by atoms with Crippen LogP contribution < -0.4 is 4.90 Å². The lowest BCUT2D eigenvalue weighted by Crippen LogP contribution is -2.41. The van der Waals surface area contributed by atoms with Crippen LogP contribution in [0.4, 0.5) is 11.5 Å². The van der Waals surface area contributed by atoms with Crippen LogP contribution in [0.15, 0.2) is 54.6 Å². The number of hydrogen-bond donors (Lipinski definition) is 0. The fourth-order valence-electron chi connectivity index (χ4n) is 4.23. The molecule has 3 aromatic rings. The number of fused-ring (bicyclic) bond motifs is 1. The fraction of sp³-hybridized carbons (Fsp3) is 0.292. The van der Waals surface area contributed by atoms with Crippen molar-refractivity contribution < 1.29 is 14.5 Å². The molecule has 0 aliphatic carbocycles. The van der Waals surface area contributed by atoms with Gasteiger partial charge in [0, 0.05) is 54.9 Å². The average Bonchev–Trinajstić information content (AvgIpc) is 2.88. The molecule has 0 bridgehead atoms. The molecular weight excluding hydrogens is 422 g/mol. The van der Waals surface area contributed by atoms with E-state index in [1.54, 1.807) is 4.90 Å². The van der Waals surface area contributed by atoms with Gasteiger partial charge in [-0.1, -0.05) is 30.3 Å². The number of anilines is 1. The largest absolute Gasteiger partial charge is 0.378 e. The molecule has 2 aliphatic heterocycles. The second kappa shape index (κ2) is 8.95. The smallest absolute Gasteiger partial charge is 0.269 e. The molecule has 1 amide bonds. The third-order valence-corrected chi connectivity index (χ3v) is 5.99. The van der Waals surface area contributed by atoms with Crippen molar-refractivity contribution in [3.05, 3.63) is 81.5 Å². The Labute approximate surface area is 190 Å². The standard InChI is InChI=1S/C24H23N5O4/c30-24(18-6-8-19(9-7-18)29(31)32)28-11-10-21-20(16-28)23(27-12-14-33-15-13-27)26-22(25-21)17-4-2-1-3-5-17/h1-9H,10-16H2. The number of hydrogen-bond acceptors (Lipinski definition) is 7. The highest BCUT2D eigenvalue weighted by Gasteiger charge is 2.29. The van der Waals surface area contributed by atoms with Gasteiger partial charge < -0.3 is 14.5 Å². The molecule has 5 rings (SSSR count). The quantitative estimate of drug-likeness (QED) is 0.449. The second-order valence-electron chi connectivity index (χ2n) is 8.04. The van der Waals surface area contributed by atoms with E-state index >= 15 is 0 Å². The van der Waals surface area contributed by atoms with Crippen molar-refractivity contribution in [3.63, 3.8) is 0 Å². The van der Waals surface area contributed by atoms with Crippen molar-refractivity contribution in [2.24, 2.45) is 0 Å². The number of carbonyl (C=O) groups is 1. The summed E-state index contributed by atoms with van der Waals surface area (Å²) in [6.07, 6.45) is 0.619. The highest BCUT2D eigenvalue weighted by molar-refractivity contribution is 5.94. The highest BCUT2D eigenvalue weighted by Crippen LogP contribution is 2.31. The average molecular weight is 445 g/mol. The van der Waals surface area contributed by atoms with Crippen LogP contribution in [0.25, 0.3) is 11.4 Å². The predicted octanol–water partition coefficient (Wildman–Crippen LogP) is 3.09. The van der Waals surface area contributed by atoms with Crippen LogP contribution in [-0.4, -0.2) is 58.5 Å². The zero-order chi connectivity index (χ0) is 22.8. The van der Waals surface area contributed by atoms with Gasteiger partial charge in [0.15, 0.2) is 5.82 Å². The van der Waals surface area contributed by atoms with Gasteiger partial charge in [-0.15, -0.1) is 0 Å². The van der Waals surface area contributed by atoms with E-state index in [2.05, 4.69) is 4.90 Å². The van der Waals surface area contributed by atoms with Crippen LogP contribution in [0, 0.1) is 10.1 Å². The number of ether oxygens (including phenoxy) is 1. The fourth-order valence-corrected chi connectivity index (χ4v) is 4.23. The van der Waals surface area contributed by atoms with Gasteiger partial charge in [0.05, 0.1) is 30.4 Å². The Kier molecular flexibility index (Phi) is 5.70. The molecule has 33 heavy (non-hydrogen) atoms. The zero-order valence-corrected chi connectivity index (χ0v) is 18.0. The zero-order valence-electron chi connectivity index (χ0n) is 18.0.